The number of nitrogens with one attached hydrogen (secondary N) is 2. The normalized spacial score (nSPS) is 30.4. The molecule has 0 bridgehead atoms. The van der Waals surface area contributed by atoms with Crippen LogP contribution in [0.1, 0.15) is 19.8 Å². The van der Waals surface area contributed by atoms with E-state index in [4.69, 9.17) is 4.74 Å². The van der Waals surface area contributed by atoms with Gasteiger partial charge < -0.3 is 15.4 Å². The van der Waals surface area contributed by atoms with Crippen molar-refractivity contribution in [2.75, 3.05) is 19.8 Å². The molecule has 1 unspecified atom stereocenters. The average Bonchev–Trinajstić information content (AvgIpc) is 2.33. The molecule has 0 aromatic rings. The number of piperidine rings is 1. The van der Waals surface area contributed by atoms with Crippen LogP contribution in [0.4, 0.5) is 4.79 Å². The molecule has 2 heterocycles. The Labute approximate surface area is 101 Å². The molecular weight excluding hydrogens is 220 g/mol. The Bertz CT molecular complexity index is 334. The van der Waals surface area contributed by atoms with Crippen molar-refractivity contribution in [3.05, 3.63) is 0 Å². The number of aliphatic imine (C=N–C) groups is 2. The van der Waals surface area contributed by atoms with Crippen molar-refractivity contribution < 1.29 is 9.53 Å². The van der Waals surface area contributed by atoms with Crippen LogP contribution in [0, 0.1) is 0 Å². The molecule has 2 rings (SSSR count). The summed E-state index contributed by atoms with van der Waals surface area (Å²) in [6.07, 6.45) is 4.45. The van der Waals surface area contributed by atoms with Crippen molar-refractivity contribution in [3.8, 4) is 0 Å². The maximum absolute atomic E-state index is 11.6. The lowest BCUT2D eigenvalue weighted by Crippen LogP contribution is -2.53. The molecule has 2 aliphatic heterocycles. The standard InChI is InChI=1S/C11H18N4O2/c1-9-11(2-4-12-5-3-11)17-10(16)15-8-13-6-7-14-9/h6-7,9,12H,2-5,8H2,1H3,(H,15,16)/b13-6-,14-7?. The van der Waals surface area contributed by atoms with E-state index in [1.165, 1.54) is 0 Å². The Morgan fingerprint density at radius 1 is 1.41 bits per heavy atom. The van der Waals surface area contributed by atoms with Gasteiger partial charge in [0, 0.05) is 25.3 Å². The van der Waals surface area contributed by atoms with E-state index in [0.717, 1.165) is 25.9 Å². The van der Waals surface area contributed by atoms with Gasteiger partial charge in [-0.15, -0.1) is 0 Å². The van der Waals surface area contributed by atoms with Gasteiger partial charge in [-0.25, -0.2) is 4.79 Å². The van der Waals surface area contributed by atoms with Gasteiger partial charge in [0.1, 0.15) is 12.3 Å². The third-order valence-electron chi connectivity index (χ3n) is 3.30. The second kappa shape index (κ2) is 5.27. The van der Waals surface area contributed by atoms with E-state index >= 15 is 0 Å². The molecule has 1 saturated heterocycles. The Hall–Kier alpha value is -1.43. The molecule has 17 heavy (non-hydrogen) atoms. The van der Waals surface area contributed by atoms with Gasteiger partial charge in [0.05, 0.1) is 6.04 Å². The Morgan fingerprint density at radius 3 is 2.94 bits per heavy atom. The quantitative estimate of drug-likeness (QED) is 0.639. The summed E-state index contributed by atoms with van der Waals surface area (Å²) in [7, 11) is 0. The number of amides is 1. The number of alkyl carbamates (subject to hydrolysis) is 1. The van der Waals surface area contributed by atoms with E-state index in [0.29, 0.717) is 0 Å². The molecule has 1 spiro atoms. The number of hydrogen-bond donors (Lipinski definition) is 2. The highest BCUT2D eigenvalue weighted by Gasteiger charge is 2.41. The smallest absolute Gasteiger partial charge is 0.409 e. The van der Waals surface area contributed by atoms with Crippen molar-refractivity contribution in [1.29, 1.82) is 0 Å². The summed E-state index contributed by atoms with van der Waals surface area (Å²) >= 11 is 0. The van der Waals surface area contributed by atoms with E-state index in [1.807, 2.05) is 6.92 Å². The molecule has 0 radical (unpaired) electrons. The first-order chi connectivity index (χ1) is 8.23. The van der Waals surface area contributed by atoms with Crippen molar-refractivity contribution in [1.82, 2.24) is 10.6 Å². The molecular formula is C11H18N4O2. The first kappa shape index (κ1) is 12.0. The predicted molar refractivity (Wildman–Crippen MR) is 65.8 cm³/mol. The summed E-state index contributed by atoms with van der Waals surface area (Å²) in [4.78, 5) is 20.0. The maximum atomic E-state index is 11.6. The van der Waals surface area contributed by atoms with Gasteiger partial charge in [-0.1, -0.05) is 0 Å². The molecule has 2 aliphatic rings. The Balaban J connectivity index is 2.20. The molecule has 0 saturated carbocycles. The lowest BCUT2D eigenvalue weighted by Gasteiger charge is -2.39. The summed E-state index contributed by atoms with van der Waals surface area (Å²) in [5, 5.41) is 5.87. The number of ether oxygens (including phenoxy) is 1. The van der Waals surface area contributed by atoms with Crippen LogP contribution in [0.5, 0.6) is 0 Å². The van der Waals surface area contributed by atoms with Gasteiger partial charge in [0.25, 0.3) is 0 Å². The minimum atomic E-state index is -0.489. The van der Waals surface area contributed by atoms with Crippen LogP contribution >= 0.6 is 0 Å². The Morgan fingerprint density at radius 2 is 2.18 bits per heavy atom. The molecule has 2 N–H and O–H groups in total. The van der Waals surface area contributed by atoms with E-state index in [9.17, 15) is 4.79 Å². The summed E-state index contributed by atoms with van der Waals surface area (Å²) < 4.78 is 5.59. The Kier molecular flexibility index (Phi) is 3.73. The SMILES string of the molecule is CC1N=C/C=N\CNC(=O)OC12CCNCC2. The molecule has 1 atom stereocenters. The fraction of sp³-hybridized carbons (Fsp3) is 0.727. The van der Waals surface area contributed by atoms with Gasteiger partial charge in [-0.05, 0) is 20.0 Å². The fourth-order valence-electron chi connectivity index (χ4n) is 2.19. The van der Waals surface area contributed by atoms with E-state index < -0.39 is 11.7 Å². The van der Waals surface area contributed by atoms with Crippen molar-refractivity contribution in [3.63, 3.8) is 0 Å². The average molecular weight is 238 g/mol. The summed E-state index contributed by atoms with van der Waals surface area (Å²) in [5.41, 5.74) is -0.489. The van der Waals surface area contributed by atoms with Gasteiger partial charge in [-0.2, -0.15) is 0 Å². The van der Waals surface area contributed by atoms with E-state index in [2.05, 4.69) is 20.6 Å². The third-order valence-corrected chi connectivity index (χ3v) is 3.30. The van der Waals surface area contributed by atoms with Crippen LogP contribution in [0.15, 0.2) is 9.98 Å². The molecule has 6 nitrogen and oxygen atoms in total. The highest BCUT2D eigenvalue weighted by Crippen LogP contribution is 2.29. The highest BCUT2D eigenvalue weighted by atomic mass is 16.6. The van der Waals surface area contributed by atoms with Crippen LogP contribution in [-0.4, -0.2) is 49.9 Å². The topological polar surface area (TPSA) is 75.1 Å². The first-order valence-corrected chi connectivity index (χ1v) is 5.92. The monoisotopic (exact) mass is 238 g/mol. The van der Waals surface area contributed by atoms with E-state index in [-0.39, 0.29) is 12.7 Å². The zero-order valence-electron chi connectivity index (χ0n) is 9.98. The summed E-state index contributed by atoms with van der Waals surface area (Å²) in [6.45, 7) is 3.90. The number of rotatable bonds is 0. The van der Waals surface area contributed by atoms with Crippen molar-refractivity contribution in [2.45, 2.75) is 31.4 Å². The molecule has 94 valence electrons. The zero-order valence-corrected chi connectivity index (χ0v) is 9.98. The van der Waals surface area contributed by atoms with Crippen molar-refractivity contribution in [2.24, 2.45) is 9.98 Å². The zero-order chi connectivity index (χ0) is 12.1. The minimum Gasteiger partial charge on any atom is -0.441 e. The molecule has 0 aromatic heterocycles. The van der Waals surface area contributed by atoms with Crippen LogP contribution < -0.4 is 10.6 Å². The summed E-state index contributed by atoms with van der Waals surface area (Å²) in [6, 6.07) is -0.0556. The van der Waals surface area contributed by atoms with Gasteiger partial charge in [0.2, 0.25) is 0 Å². The van der Waals surface area contributed by atoms with Gasteiger partial charge in [0.15, 0.2) is 0 Å². The lowest BCUT2D eigenvalue weighted by molar-refractivity contribution is -0.0258. The van der Waals surface area contributed by atoms with Crippen LogP contribution in [0.25, 0.3) is 0 Å². The molecule has 1 amide bonds. The maximum Gasteiger partial charge on any atom is 0.409 e. The second-order valence-corrected chi connectivity index (χ2v) is 4.34. The number of nitrogens with zero attached hydrogens (tertiary/aromatic N) is 2. The minimum absolute atomic E-state index is 0.0556. The summed E-state index contributed by atoms with van der Waals surface area (Å²) in [5.74, 6) is 0. The second-order valence-electron chi connectivity index (χ2n) is 4.34. The van der Waals surface area contributed by atoms with Crippen LogP contribution in [-0.2, 0) is 4.74 Å². The molecule has 6 heteroatoms. The predicted octanol–water partition coefficient (Wildman–Crippen LogP) is 0.336. The number of hydrogen-bond acceptors (Lipinski definition) is 5. The first-order valence-electron chi connectivity index (χ1n) is 5.92. The number of carbonyl (C=O) groups excluding carboxylic acids is 1. The van der Waals surface area contributed by atoms with Gasteiger partial charge >= 0.3 is 6.09 Å². The fourth-order valence-corrected chi connectivity index (χ4v) is 2.19. The third kappa shape index (κ3) is 2.82. The van der Waals surface area contributed by atoms with Crippen molar-refractivity contribution >= 4 is 18.5 Å². The molecule has 0 aliphatic carbocycles. The largest absolute Gasteiger partial charge is 0.441 e. The highest BCUT2D eigenvalue weighted by molar-refractivity contribution is 6.16. The van der Waals surface area contributed by atoms with Crippen LogP contribution in [0.3, 0.4) is 0 Å². The van der Waals surface area contributed by atoms with E-state index in [1.54, 1.807) is 12.4 Å². The lowest BCUT2D eigenvalue weighted by atomic mass is 9.85. The number of carbonyl (C=O) groups is 1. The van der Waals surface area contributed by atoms with Gasteiger partial charge in [-0.3, -0.25) is 9.98 Å². The molecule has 0 aromatic carbocycles. The molecule has 1 fully saturated rings. The van der Waals surface area contributed by atoms with Crippen LogP contribution in [0.2, 0.25) is 0 Å².